The van der Waals surface area contributed by atoms with Crippen LogP contribution in [-0.4, -0.2) is 56.8 Å². The van der Waals surface area contributed by atoms with Crippen molar-refractivity contribution in [2.45, 2.75) is 64.3 Å². The van der Waals surface area contributed by atoms with E-state index in [-0.39, 0.29) is 24.8 Å². The zero-order valence-corrected chi connectivity index (χ0v) is 23.2. The number of rotatable bonds is 4. The zero-order chi connectivity index (χ0) is 27.7. The molecule has 2 unspecified atom stereocenters. The molecule has 0 N–H and O–H groups in total. The molecule has 0 spiro atoms. The maximum Gasteiger partial charge on any atom is 0.410 e. The van der Waals surface area contributed by atoms with E-state index in [0.717, 1.165) is 12.0 Å². The van der Waals surface area contributed by atoms with Gasteiger partial charge in [-0.15, -0.1) is 0 Å². The highest BCUT2D eigenvalue weighted by Gasteiger charge is 2.39. The maximum absolute atomic E-state index is 14.0. The SMILES string of the molecule is CC(C)(C)OC(=O)N1CCCC1c1nc2cccc(Cl)c2c(=O)n1C1CCN(C(=O)OCc2ccccc2)C1. The lowest BCUT2D eigenvalue weighted by Gasteiger charge is -2.30. The predicted molar refractivity (Wildman–Crippen MR) is 148 cm³/mol. The van der Waals surface area contributed by atoms with Crippen molar-refractivity contribution < 1.29 is 19.1 Å². The van der Waals surface area contributed by atoms with Crippen molar-refractivity contribution in [3.63, 3.8) is 0 Å². The zero-order valence-electron chi connectivity index (χ0n) is 22.4. The van der Waals surface area contributed by atoms with Gasteiger partial charge in [0.25, 0.3) is 5.56 Å². The standard InChI is InChI=1S/C29H33ClN4O5/c1-29(2,3)39-28(37)33-15-8-13-23(33)25-31-22-12-7-11-21(30)24(22)26(35)34(25)20-14-16-32(17-20)27(36)38-18-19-9-5-4-6-10-19/h4-7,9-12,20,23H,8,13-18H2,1-3H3. The molecule has 2 amide bonds. The number of nitrogens with zero attached hydrogens (tertiary/aromatic N) is 4. The van der Waals surface area contributed by atoms with Crippen molar-refractivity contribution in [3.8, 4) is 0 Å². The Kier molecular flexibility index (Phi) is 7.53. The smallest absolute Gasteiger partial charge is 0.410 e. The number of carbonyl (C=O) groups excluding carboxylic acids is 2. The van der Waals surface area contributed by atoms with Gasteiger partial charge in [0.2, 0.25) is 0 Å². The third-order valence-corrected chi connectivity index (χ3v) is 7.39. The van der Waals surface area contributed by atoms with E-state index in [9.17, 15) is 14.4 Å². The Morgan fingerprint density at radius 3 is 2.54 bits per heavy atom. The van der Waals surface area contributed by atoms with Crippen molar-refractivity contribution >= 4 is 34.7 Å². The summed E-state index contributed by atoms with van der Waals surface area (Å²) in [6, 6.07) is 13.9. The number of aromatic nitrogens is 2. The molecule has 3 aromatic rings. The minimum absolute atomic E-state index is 0.173. The Hall–Kier alpha value is -3.59. The number of halogens is 1. The maximum atomic E-state index is 14.0. The van der Waals surface area contributed by atoms with Crippen molar-refractivity contribution in [2.24, 2.45) is 0 Å². The van der Waals surface area contributed by atoms with Gasteiger partial charge < -0.3 is 14.4 Å². The van der Waals surface area contributed by atoms with Crippen LogP contribution >= 0.6 is 11.6 Å². The summed E-state index contributed by atoms with van der Waals surface area (Å²) in [5.41, 5.74) is 0.449. The number of likely N-dealkylation sites (tertiary alicyclic amines) is 2. The van der Waals surface area contributed by atoms with Gasteiger partial charge in [0.05, 0.1) is 28.0 Å². The first-order valence-corrected chi connectivity index (χ1v) is 13.7. The number of fused-ring (bicyclic) bond motifs is 1. The first-order chi connectivity index (χ1) is 18.6. The molecule has 2 atom stereocenters. The van der Waals surface area contributed by atoms with E-state index in [0.29, 0.717) is 47.7 Å². The number of hydrogen-bond acceptors (Lipinski definition) is 6. The third kappa shape index (κ3) is 5.73. The monoisotopic (exact) mass is 552 g/mol. The van der Waals surface area contributed by atoms with Gasteiger partial charge >= 0.3 is 12.2 Å². The lowest BCUT2D eigenvalue weighted by atomic mass is 10.1. The van der Waals surface area contributed by atoms with Crippen LogP contribution in [0.4, 0.5) is 9.59 Å². The topological polar surface area (TPSA) is 94.0 Å². The molecule has 39 heavy (non-hydrogen) atoms. The van der Waals surface area contributed by atoms with Crippen molar-refractivity contribution in [2.75, 3.05) is 19.6 Å². The van der Waals surface area contributed by atoms with Gasteiger partial charge in [-0.05, 0) is 57.7 Å². The number of amides is 2. The average Bonchev–Trinajstić information content (AvgIpc) is 3.57. The molecule has 2 fully saturated rings. The molecule has 2 aliphatic heterocycles. The summed E-state index contributed by atoms with van der Waals surface area (Å²) in [5.74, 6) is 0.489. The minimum atomic E-state index is -0.652. The van der Waals surface area contributed by atoms with Crippen LogP contribution in [0, 0.1) is 0 Å². The number of ether oxygens (including phenoxy) is 2. The van der Waals surface area contributed by atoms with E-state index in [1.807, 2.05) is 51.1 Å². The second-order valence-electron chi connectivity index (χ2n) is 11.0. The van der Waals surface area contributed by atoms with Crippen molar-refractivity contribution in [1.82, 2.24) is 19.4 Å². The molecular weight excluding hydrogens is 520 g/mol. The van der Waals surface area contributed by atoms with E-state index in [1.165, 1.54) is 0 Å². The van der Waals surface area contributed by atoms with Crippen LogP contribution in [-0.2, 0) is 16.1 Å². The quantitative estimate of drug-likeness (QED) is 0.412. The Bertz CT molecular complexity index is 1440. The highest BCUT2D eigenvalue weighted by atomic mass is 35.5. The molecule has 0 bridgehead atoms. The third-order valence-electron chi connectivity index (χ3n) is 7.08. The first kappa shape index (κ1) is 27.0. The molecular formula is C29H33ClN4O5. The predicted octanol–water partition coefficient (Wildman–Crippen LogP) is 5.71. The fraction of sp³-hybridized carbons (Fsp3) is 0.448. The molecule has 206 valence electrons. The fourth-order valence-electron chi connectivity index (χ4n) is 5.31. The van der Waals surface area contributed by atoms with Crippen LogP contribution < -0.4 is 5.56 Å². The average molecular weight is 553 g/mol. The van der Waals surface area contributed by atoms with Gasteiger partial charge in [-0.1, -0.05) is 48.0 Å². The summed E-state index contributed by atoms with van der Waals surface area (Å²) in [5, 5.41) is 0.646. The molecule has 0 saturated carbocycles. The Morgan fingerprint density at radius 1 is 1.03 bits per heavy atom. The van der Waals surface area contributed by atoms with E-state index in [1.54, 1.807) is 32.6 Å². The highest BCUT2D eigenvalue weighted by Crippen LogP contribution is 2.35. The Balaban J connectivity index is 1.46. The van der Waals surface area contributed by atoms with Crippen LogP contribution in [0.25, 0.3) is 10.9 Å². The van der Waals surface area contributed by atoms with E-state index < -0.39 is 23.8 Å². The molecule has 3 heterocycles. The largest absolute Gasteiger partial charge is 0.445 e. The molecule has 1 aromatic heterocycles. The van der Waals surface area contributed by atoms with Gasteiger partial charge in [0, 0.05) is 19.6 Å². The normalized spacial score (nSPS) is 19.5. The molecule has 0 aliphatic carbocycles. The summed E-state index contributed by atoms with van der Waals surface area (Å²) in [6.45, 7) is 6.88. The number of benzene rings is 2. The summed E-state index contributed by atoms with van der Waals surface area (Å²) >= 11 is 6.46. The highest BCUT2D eigenvalue weighted by molar-refractivity contribution is 6.35. The summed E-state index contributed by atoms with van der Waals surface area (Å²) in [6.07, 6.45) is 1.08. The summed E-state index contributed by atoms with van der Waals surface area (Å²) < 4.78 is 12.8. The van der Waals surface area contributed by atoms with E-state index >= 15 is 0 Å². The minimum Gasteiger partial charge on any atom is -0.445 e. The van der Waals surface area contributed by atoms with Gasteiger partial charge in [0.15, 0.2) is 0 Å². The van der Waals surface area contributed by atoms with Crippen LogP contribution in [0.1, 0.15) is 63.5 Å². The van der Waals surface area contributed by atoms with Crippen molar-refractivity contribution in [3.05, 3.63) is 75.3 Å². The Labute approximate surface area is 232 Å². The fourth-order valence-corrected chi connectivity index (χ4v) is 5.56. The second-order valence-corrected chi connectivity index (χ2v) is 11.4. The van der Waals surface area contributed by atoms with Crippen LogP contribution in [0.2, 0.25) is 5.02 Å². The molecule has 0 radical (unpaired) electrons. The van der Waals surface area contributed by atoms with Gasteiger partial charge in [-0.25, -0.2) is 14.6 Å². The van der Waals surface area contributed by atoms with Crippen LogP contribution in [0.5, 0.6) is 0 Å². The molecule has 5 rings (SSSR count). The van der Waals surface area contributed by atoms with Crippen LogP contribution in [0.15, 0.2) is 53.3 Å². The molecule has 2 saturated heterocycles. The van der Waals surface area contributed by atoms with Gasteiger partial charge in [-0.2, -0.15) is 0 Å². The first-order valence-electron chi connectivity index (χ1n) is 13.3. The van der Waals surface area contributed by atoms with E-state index in [2.05, 4.69) is 0 Å². The molecule has 10 heteroatoms. The Morgan fingerprint density at radius 2 is 1.79 bits per heavy atom. The summed E-state index contributed by atoms with van der Waals surface area (Å²) in [4.78, 5) is 48.1. The number of hydrogen-bond donors (Lipinski definition) is 0. The van der Waals surface area contributed by atoms with Crippen LogP contribution in [0.3, 0.4) is 0 Å². The second kappa shape index (κ2) is 10.9. The van der Waals surface area contributed by atoms with E-state index in [4.69, 9.17) is 26.1 Å². The van der Waals surface area contributed by atoms with Gasteiger partial charge in [-0.3, -0.25) is 14.3 Å². The lowest BCUT2D eigenvalue weighted by molar-refractivity contribution is 0.0213. The summed E-state index contributed by atoms with van der Waals surface area (Å²) in [7, 11) is 0. The van der Waals surface area contributed by atoms with Crippen molar-refractivity contribution in [1.29, 1.82) is 0 Å². The lowest BCUT2D eigenvalue weighted by Crippen LogP contribution is -2.40. The molecule has 2 aromatic carbocycles. The molecule has 2 aliphatic rings. The molecule has 9 nitrogen and oxygen atoms in total. The van der Waals surface area contributed by atoms with Gasteiger partial charge in [0.1, 0.15) is 18.0 Å². The number of carbonyl (C=O) groups is 2.